The molecule has 12 heavy (non-hydrogen) atoms. The highest BCUT2D eigenvalue weighted by atomic mass is 79.9. The average molecular weight is 375 g/mol. The van der Waals surface area contributed by atoms with E-state index in [2.05, 4.69) is 72.9 Å². The second kappa shape index (κ2) is 4.94. The Balaban J connectivity index is 2.77. The number of hydrogen-bond acceptors (Lipinski definition) is 1. The molecule has 0 aliphatic rings. The first kappa shape index (κ1) is 11.0. The van der Waals surface area contributed by atoms with Gasteiger partial charge in [0, 0.05) is 14.2 Å². The van der Waals surface area contributed by atoms with Crippen molar-refractivity contribution in [3.63, 3.8) is 0 Å². The minimum atomic E-state index is 0.428. The van der Waals surface area contributed by atoms with E-state index in [1.165, 1.54) is 4.88 Å². The lowest BCUT2D eigenvalue weighted by Gasteiger charge is -1.88. The Kier molecular flexibility index (Phi) is 4.51. The lowest BCUT2D eigenvalue weighted by molar-refractivity contribution is 1.29. The Labute approximate surface area is 101 Å². The quantitative estimate of drug-likeness (QED) is 0.634. The van der Waals surface area contributed by atoms with Crippen molar-refractivity contribution in [1.82, 2.24) is 0 Å². The van der Waals surface area contributed by atoms with E-state index in [0.29, 0.717) is 4.83 Å². The molecular formula is C8H7Br3S. The maximum atomic E-state index is 3.45. The van der Waals surface area contributed by atoms with Crippen LogP contribution in [0.3, 0.4) is 0 Å². The van der Waals surface area contributed by atoms with Crippen LogP contribution in [0, 0.1) is 0 Å². The maximum Gasteiger partial charge on any atom is 0.0846 e. The minimum absolute atomic E-state index is 0.428. The van der Waals surface area contributed by atoms with Gasteiger partial charge in [0.2, 0.25) is 0 Å². The van der Waals surface area contributed by atoms with Crippen LogP contribution in [-0.2, 0) is 0 Å². The Morgan fingerprint density at radius 3 is 2.58 bits per heavy atom. The van der Waals surface area contributed by atoms with Gasteiger partial charge in [0.05, 0.1) is 3.79 Å². The van der Waals surface area contributed by atoms with E-state index in [0.717, 1.165) is 8.26 Å². The summed E-state index contributed by atoms with van der Waals surface area (Å²) in [7, 11) is 0. The minimum Gasteiger partial charge on any atom is -0.128 e. The third kappa shape index (κ3) is 3.32. The van der Waals surface area contributed by atoms with Crippen LogP contribution in [-0.4, -0.2) is 4.83 Å². The fourth-order valence-electron chi connectivity index (χ4n) is 0.673. The Hall–Kier alpha value is 0.880. The lowest BCUT2D eigenvalue weighted by atomic mass is 10.4. The molecule has 0 radical (unpaired) electrons. The fraction of sp³-hybridized carbons (Fsp3) is 0.250. The highest BCUT2D eigenvalue weighted by Crippen LogP contribution is 2.33. The van der Waals surface area contributed by atoms with E-state index in [9.17, 15) is 0 Å². The summed E-state index contributed by atoms with van der Waals surface area (Å²) in [5, 5.41) is 0. The van der Waals surface area contributed by atoms with Crippen molar-refractivity contribution in [2.45, 2.75) is 11.8 Å². The molecule has 1 aromatic heterocycles. The number of halogens is 3. The predicted octanol–water partition coefficient (Wildman–Crippen LogP) is 5.07. The number of thiophene rings is 1. The highest BCUT2D eigenvalue weighted by molar-refractivity contribution is 9.13. The maximum absolute atomic E-state index is 3.45. The van der Waals surface area contributed by atoms with Crippen molar-refractivity contribution in [2.75, 3.05) is 0 Å². The van der Waals surface area contributed by atoms with Crippen molar-refractivity contribution in [3.05, 3.63) is 25.3 Å². The molecular weight excluding hydrogens is 368 g/mol. The van der Waals surface area contributed by atoms with Crippen LogP contribution in [0.4, 0.5) is 0 Å². The predicted molar refractivity (Wildman–Crippen MR) is 67.1 cm³/mol. The van der Waals surface area contributed by atoms with E-state index in [4.69, 9.17) is 0 Å². The molecule has 66 valence electrons. The Morgan fingerprint density at radius 1 is 1.50 bits per heavy atom. The van der Waals surface area contributed by atoms with Crippen LogP contribution < -0.4 is 0 Å². The van der Waals surface area contributed by atoms with Gasteiger partial charge in [-0.15, -0.1) is 11.3 Å². The zero-order chi connectivity index (χ0) is 9.14. The van der Waals surface area contributed by atoms with Gasteiger partial charge in [-0.05, 0) is 50.9 Å². The molecule has 0 nitrogen and oxygen atoms in total. The van der Waals surface area contributed by atoms with Crippen molar-refractivity contribution >= 4 is 65.2 Å². The fourth-order valence-corrected chi connectivity index (χ4v) is 2.83. The van der Waals surface area contributed by atoms with Crippen LogP contribution >= 0.6 is 59.1 Å². The smallest absolute Gasteiger partial charge is 0.0846 e. The first-order valence-electron chi connectivity index (χ1n) is 3.36. The molecule has 1 atom stereocenters. The summed E-state index contributed by atoms with van der Waals surface area (Å²) in [6.07, 6.45) is 4.23. The van der Waals surface area contributed by atoms with Gasteiger partial charge in [-0.1, -0.05) is 22.0 Å². The molecule has 0 bridgehead atoms. The molecule has 1 rings (SSSR count). The number of rotatable bonds is 2. The van der Waals surface area contributed by atoms with Gasteiger partial charge >= 0.3 is 0 Å². The molecule has 0 aromatic carbocycles. The highest BCUT2D eigenvalue weighted by Gasteiger charge is 2.00. The van der Waals surface area contributed by atoms with E-state index in [1.807, 2.05) is 0 Å². The molecule has 0 fully saturated rings. The lowest BCUT2D eigenvalue weighted by Crippen LogP contribution is -1.77. The largest absolute Gasteiger partial charge is 0.128 e. The second-order valence-electron chi connectivity index (χ2n) is 2.31. The van der Waals surface area contributed by atoms with E-state index in [1.54, 1.807) is 11.3 Å². The SMILES string of the molecule is CC(Br)/C=C/c1cc(Br)c(Br)s1. The topological polar surface area (TPSA) is 0 Å². The first-order valence-corrected chi connectivity index (χ1v) is 6.68. The van der Waals surface area contributed by atoms with Crippen molar-refractivity contribution in [1.29, 1.82) is 0 Å². The average Bonchev–Trinajstić information content (AvgIpc) is 2.28. The Morgan fingerprint density at radius 2 is 2.17 bits per heavy atom. The van der Waals surface area contributed by atoms with Gasteiger partial charge in [0.15, 0.2) is 0 Å². The van der Waals surface area contributed by atoms with E-state index >= 15 is 0 Å². The monoisotopic (exact) mass is 372 g/mol. The van der Waals surface area contributed by atoms with Gasteiger partial charge in [-0.3, -0.25) is 0 Å². The van der Waals surface area contributed by atoms with Gasteiger partial charge in [-0.25, -0.2) is 0 Å². The van der Waals surface area contributed by atoms with E-state index in [-0.39, 0.29) is 0 Å². The summed E-state index contributed by atoms with van der Waals surface area (Å²) >= 11 is 12.1. The van der Waals surface area contributed by atoms with Crippen LogP contribution in [0.5, 0.6) is 0 Å². The molecule has 0 N–H and O–H groups in total. The molecule has 0 saturated carbocycles. The summed E-state index contributed by atoms with van der Waals surface area (Å²) in [5.41, 5.74) is 0. The number of allylic oxidation sites excluding steroid dienone is 1. The van der Waals surface area contributed by atoms with Crippen molar-refractivity contribution in [2.24, 2.45) is 0 Å². The zero-order valence-corrected chi connectivity index (χ0v) is 11.9. The van der Waals surface area contributed by atoms with Gasteiger partial charge < -0.3 is 0 Å². The molecule has 0 saturated heterocycles. The summed E-state index contributed by atoms with van der Waals surface area (Å²) in [6, 6.07) is 2.10. The molecule has 0 aliphatic heterocycles. The molecule has 0 amide bonds. The third-order valence-corrected chi connectivity index (χ3v) is 4.72. The normalized spacial score (nSPS) is 14.0. The van der Waals surface area contributed by atoms with Gasteiger partial charge in [0.1, 0.15) is 0 Å². The van der Waals surface area contributed by atoms with Crippen LogP contribution in [0.25, 0.3) is 6.08 Å². The molecule has 1 heterocycles. The van der Waals surface area contributed by atoms with Crippen LogP contribution in [0.1, 0.15) is 11.8 Å². The first-order chi connectivity index (χ1) is 5.59. The van der Waals surface area contributed by atoms with Crippen LogP contribution in [0.15, 0.2) is 20.4 Å². The van der Waals surface area contributed by atoms with E-state index < -0.39 is 0 Å². The summed E-state index contributed by atoms with van der Waals surface area (Å²) in [6.45, 7) is 2.09. The molecule has 0 spiro atoms. The van der Waals surface area contributed by atoms with Crippen molar-refractivity contribution < 1.29 is 0 Å². The Bertz CT molecular complexity index is 269. The summed E-state index contributed by atoms with van der Waals surface area (Å²) < 4.78 is 2.26. The summed E-state index contributed by atoms with van der Waals surface area (Å²) in [5.74, 6) is 0. The third-order valence-electron chi connectivity index (χ3n) is 1.19. The van der Waals surface area contributed by atoms with Gasteiger partial charge in [-0.2, -0.15) is 0 Å². The van der Waals surface area contributed by atoms with Crippen LogP contribution in [0.2, 0.25) is 0 Å². The summed E-state index contributed by atoms with van der Waals surface area (Å²) in [4.78, 5) is 1.68. The molecule has 4 heteroatoms. The number of hydrogen-bond donors (Lipinski definition) is 0. The van der Waals surface area contributed by atoms with Gasteiger partial charge in [0.25, 0.3) is 0 Å². The standard InChI is InChI=1S/C8H7Br3S/c1-5(9)2-3-6-4-7(10)8(11)12-6/h2-5H,1H3/b3-2+. The molecule has 1 aromatic rings. The molecule has 0 aliphatic carbocycles. The number of alkyl halides is 1. The zero-order valence-electron chi connectivity index (χ0n) is 6.35. The van der Waals surface area contributed by atoms with Crippen molar-refractivity contribution in [3.8, 4) is 0 Å². The second-order valence-corrected chi connectivity index (χ2v) is 7.01. The molecule has 1 unspecified atom stereocenters.